The monoisotopic (exact) mass is 401 g/mol. The molecule has 1 saturated heterocycles. The van der Waals surface area contributed by atoms with Crippen LogP contribution in [0.15, 0.2) is 34.9 Å². The van der Waals surface area contributed by atoms with Crippen molar-refractivity contribution in [3.05, 3.63) is 41.8 Å². The van der Waals surface area contributed by atoms with Crippen LogP contribution in [0.3, 0.4) is 0 Å². The Kier molecular flexibility index (Phi) is 5.78. The van der Waals surface area contributed by atoms with E-state index in [1.54, 1.807) is 23.1 Å². The minimum absolute atomic E-state index is 0.138. The number of carbonyl (C=O) groups is 2. The van der Waals surface area contributed by atoms with E-state index in [2.05, 4.69) is 10.5 Å². The minimum Gasteiger partial charge on any atom is -0.355 e. The lowest BCUT2D eigenvalue weighted by Crippen LogP contribution is -2.64. The molecule has 29 heavy (non-hydrogen) atoms. The largest absolute Gasteiger partial charge is 0.355 e. The summed E-state index contributed by atoms with van der Waals surface area (Å²) in [5, 5.41) is 7.00. The van der Waals surface area contributed by atoms with Gasteiger partial charge in [-0.25, -0.2) is 4.39 Å². The molecule has 6 nitrogen and oxygen atoms in total. The van der Waals surface area contributed by atoms with Crippen molar-refractivity contribution in [2.45, 2.75) is 53.1 Å². The summed E-state index contributed by atoms with van der Waals surface area (Å²) in [6, 6.07) is 6.60. The van der Waals surface area contributed by atoms with Gasteiger partial charge in [-0.2, -0.15) is 0 Å². The molecule has 2 amide bonds. The Morgan fingerprint density at radius 2 is 1.97 bits per heavy atom. The molecule has 1 N–H and O–H groups in total. The average Bonchev–Trinajstić information content (AvgIpc) is 3.12. The van der Waals surface area contributed by atoms with Crippen LogP contribution in [0.5, 0.6) is 0 Å². The predicted octanol–water partition coefficient (Wildman–Crippen LogP) is 3.88. The summed E-state index contributed by atoms with van der Waals surface area (Å²) >= 11 is 0. The van der Waals surface area contributed by atoms with Crippen molar-refractivity contribution in [2.24, 2.45) is 11.3 Å². The quantitative estimate of drug-likeness (QED) is 0.844. The van der Waals surface area contributed by atoms with Crippen LogP contribution in [0.4, 0.5) is 4.39 Å². The molecule has 2 heterocycles. The van der Waals surface area contributed by atoms with Crippen LogP contribution in [0.1, 0.15) is 51.5 Å². The maximum absolute atomic E-state index is 13.3. The molecule has 2 aromatic rings. The summed E-state index contributed by atoms with van der Waals surface area (Å²) in [6.45, 7) is 10.6. The second kappa shape index (κ2) is 7.97. The number of aromatic nitrogens is 1. The zero-order chi connectivity index (χ0) is 21.3. The number of nitrogens with one attached hydrogen (secondary N) is 1. The third-order valence-electron chi connectivity index (χ3n) is 5.23. The van der Waals surface area contributed by atoms with E-state index in [4.69, 9.17) is 4.52 Å². The first-order chi connectivity index (χ1) is 13.6. The second-order valence-corrected chi connectivity index (χ2v) is 9.11. The minimum atomic E-state index is -0.549. The lowest BCUT2D eigenvalue weighted by atomic mass is 9.83. The van der Waals surface area contributed by atoms with Crippen molar-refractivity contribution in [3.63, 3.8) is 0 Å². The zero-order valence-electron chi connectivity index (χ0n) is 17.5. The maximum Gasteiger partial charge on any atom is 0.276 e. The Balaban J connectivity index is 1.89. The maximum atomic E-state index is 13.3. The number of piperazine rings is 1. The van der Waals surface area contributed by atoms with Crippen molar-refractivity contribution < 1.29 is 18.5 Å². The summed E-state index contributed by atoms with van der Waals surface area (Å²) < 4.78 is 18.5. The lowest BCUT2D eigenvalue weighted by Gasteiger charge is -2.44. The van der Waals surface area contributed by atoms with Gasteiger partial charge in [0.15, 0.2) is 11.5 Å². The van der Waals surface area contributed by atoms with Gasteiger partial charge < -0.3 is 14.7 Å². The molecule has 1 fully saturated rings. The van der Waals surface area contributed by atoms with E-state index >= 15 is 0 Å². The molecule has 0 saturated carbocycles. The van der Waals surface area contributed by atoms with Crippen molar-refractivity contribution in [2.75, 3.05) is 6.54 Å². The third kappa shape index (κ3) is 4.66. The number of amides is 2. The Labute approximate surface area is 170 Å². The van der Waals surface area contributed by atoms with Gasteiger partial charge in [0.2, 0.25) is 5.91 Å². The molecule has 7 heteroatoms. The van der Waals surface area contributed by atoms with E-state index in [9.17, 15) is 14.0 Å². The average molecular weight is 401 g/mol. The molecule has 1 aliphatic rings. The molecule has 0 bridgehead atoms. The standard InChI is InChI=1S/C22H28FN3O3/c1-13(2)10-17-20(27)24-19(22(3,4)5)12-26(17)21(28)16-11-18(29-25-16)14-6-8-15(23)9-7-14/h6-9,11,13,17,19H,10,12H2,1-5H3,(H,24,27)/t17-,19+/m0/s1. The summed E-state index contributed by atoms with van der Waals surface area (Å²) in [5.74, 6) is -0.201. The Morgan fingerprint density at radius 1 is 1.31 bits per heavy atom. The van der Waals surface area contributed by atoms with Crippen molar-refractivity contribution in [1.82, 2.24) is 15.4 Å². The number of halogens is 1. The highest BCUT2D eigenvalue weighted by Gasteiger charge is 2.42. The van der Waals surface area contributed by atoms with Gasteiger partial charge in [0.05, 0.1) is 6.04 Å². The highest BCUT2D eigenvalue weighted by atomic mass is 19.1. The first-order valence-corrected chi connectivity index (χ1v) is 9.90. The highest BCUT2D eigenvalue weighted by Crippen LogP contribution is 2.28. The molecule has 0 spiro atoms. The van der Waals surface area contributed by atoms with Gasteiger partial charge in [-0.05, 0) is 42.0 Å². The normalized spacial score (nSPS) is 20.1. The molecule has 156 valence electrons. The summed E-state index contributed by atoms with van der Waals surface area (Å²) in [4.78, 5) is 27.7. The fraction of sp³-hybridized carbons (Fsp3) is 0.500. The van der Waals surface area contributed by atoms with E-state index in [0.29, 0.717) is 24.3 Å². The molecule has 0 radical (unpaired) electrons. The van der Waals surface area contributed by atoms with Gasteiger partial charge in [0.25, 0.3) is 5.91 Å². The molecule has 3 rings (SSSR count). The van der Waals surface area contributed by atoms with Crippen molar-refractivity contribution >= 4 is 11.8 Å². The molecule has 1 aromatic carbocycles. The summed E-state index contributed by atoms with van der Waals surface area (Å²) in [7, 11) is 0. The lowest BCUT2D eigenvalue weighted by molar-refractivity contribution is -0.131. The molecule has 0 unspecified atom stereocenters. The molecule has 2 atom stereocenters. The number of benzene rings is 1. The number of hydrogen-bond donors (Lipinski definition) is 1. The molecule has 0 aliphatic carbocycles. The van der Waals surface area contributed by atoms with E-state index in [1.807, 2.05) is 34.6 Å². The first-order valence-electron chi connectivity index (χ1n) is 9.90. The summed E-state index contributed by atoms with van der Waals surface area (Å²) in [5.41, 5.74) is 0.571. The second-order valence-electron chi connectivity index (χ2n) is 9.11. The number of nitrogens with zero attached hydrogens (tertiary/aromatic N) is 2. The number of hydrogen-bond acceptors (Lipinski definition) is 4. The van der Waals surface area contributed by atoms with Crippen LogP contribution in [-0.4, -0.2) is 40.5 Å². The van der Waals surface area contributed by atoms with Crippen molar-refractivity contribution in [1.29, 1.82) is 0 Å². The highest BCUT2D eigenvalue weighted by molar-refractivity contribution is 5.97. The topological polar surface area (TPSA) is 75.4 Å². The number of rotatable bonds is 4. The van der Waals surface area contributed by atoms with Gasteiger partial charge in [-0.1, -0.05) is 39.8 Å². The van der Waals surface area contributed by atoms with Crippen LogP contribution < -0.4 is 5.32 Å². The van der Waals surface area contributed by atoms with Crippen LogP contribution in [0, 0.1) is 17.2 Å². The van der Waals surface area contributed by atoms with Crippen molar-refractivity contribution in [3.8, 4) is 11.3 Å². The predicted molar refractivity (Wildman–Crippen MR) is 108 cm³/mol. The van der Waals surface area contributed by atoms with Gasteiger partial charge >= 0.3 is 0 Å². The van der Waals surface area contributed by atoms with E-state index in [0.717, 1.165) is 0 Å². The van der Waals surface area contributed by atoms with E-state index < -0.39 is 6.04 Å². The van der Waals surface area contributed by atoms with Gasteiger partial charge in [-0.3, -0.25) is 9.59 Å². The van der Waals surface area contributed by atoms with E-state index in [-0.39, 0.29) is 40.7 Å². The molecular weight excluding hydrogens is 373 g/mol. The van der Waals surface area contributed by atoms with Gasteiger partial charge in [0.1, 0.15) is 11.9 Å². The number of carbonyl (C=O) groups excluding carboxylic acids is 2. The van der Waals surface area contributed by atoms with Gasteiger partial charge in [0, 0.05) is 18.2 Å². The molecule has 1 aromatic heterocycles. The van der Waals surface area contributed by atoms with Crippen LogP contribution in [0.25, 0.3) is 11.3 Å². The fourth-order valence-corrected chi connectivity index (χ4v) is 3.45. The smallest absolute Gasteiger partial charge is 0.276 e. The summed E-state index contributed by atoms with van der Waals surface area (Å²) in [6.07, 6.45) is 0.567. The first kappa shape index (κ1) is 21.0. The van der Waals surface area contributed by atoms with Crippen LogP contribution in [-0.2, 0) is 4.79 Å². The van der Waals surface area contributed by atoms with E-state index in [1.165, 1.54) is 12.1 Å². The van der Waals surface area contributed by atoms with Crippen LogP contribution in [0.2, 0.25) is 0 Å². The van der Waals surface area contributed by atoms with Gasteiger partial charge in [-0.15, -0.1) is 0 Å². The Morgan fingerprint density at radius 3 is 2.55 bits per heavy atom. The Bertz CT molecular complexity index is 883. The SMILES string of the molecule is CC(C)C[C@H]1C(=O)N[C@@H](C(C)(C)C)CN1C(=O)c1cc(-c2ccc(F)cc2)on1. The fourth-order valence-electron chi connectivity index (χ4n) is 3.45. The third-order valence-corrected chi connectivity index (χ3v) is 5.23. The zero-order valence-corrected chi connectivity index (χ0v) is 17.5. The van der Waals surface area contributed by atoms with Crippen LogP contribution >= 0.6 is 0 Å². The molecule has 1 aliphatic heterocycles. The Hall–Kier alpha value is -2.70. The molecular formula is C22H28FN3O3.